The number of aromatic nitrogens is 1. The number of hydrogen-bond donors (Lipinski definition) is 0. The van der Waals surface area contributed by atoms with E-state index in [4.69, 9.17) is 23.2 Å². The van der Waals surface area contributed by atoms with Gasteiger partial charge in [-0.1, -0.05) is 29.3 Å². The van der Waals surface area contributed by atoms with Gasteiger partial charge in [0.15, 0.2) is 0 Å². The SMILES string of the molecule is Cc1ccn(-c2ccc(Cl)cc2C(=O)c2c(F)cccc2F)c1CN1C(=O)c2ccc(Cl)cc2C1=O. The Labute approximate surface area is 214 Å². The van der Waals surface area contributed by atoms with Crippen LogP contribution in [0.2, 0.25) is 10.0 Å². The van der Waals surface area contributed by atoms with Crippen molar-refractivity contribution < 1.29 is 23.2 Å². The van der Waals surface area contributed by atoms with Crippen molar-refractivity contribution in [3.63, 3.8) is 0 Å². The van der Waals surface area contributed by atoms with Gasteiger partial charge in [-0.05, 0) is 67.1 Å². The standard InChI is InChI=1S/C27H16Cl2F2N2O3/c1-14-9-10-32(23(14)13-33-26(35)17-7-5-15(28)11-18(17)27(33)36)22-8-6-16(29)12-19(22)25(34)24-20(30)3-2-4-21(24)31/h2-12H,13H2,1H3. The first kappa shape index (κ1) is 23.9. The molecule has 0 spiro atoms. The van der Waals surface area contributed by atoms with Gasteiger partial charge in [0.1, 0.15) is 11.6 Å². The highest BCUT2D eigenvalue weighted by atomic mass is 35.5. The molecule has 0 bridgehead atoms. The Kier molecular flexibility index (Phi) is 5.98. The van der Waals surface area contributed by atoms with Crippen molar-refractivity contribution in [3.8, 4) is 5.69 Å². The lowest BCUT2D eigenvalue weighted by Crippen LogP contribution is -2.30. The monoisotopic (exact) mass is 524 g/mol. The van der Waals surface area contributed by atoms with Crippen LogP contribution in [0, 0.1) is 18.6 Å². The second-order valence-corrected chi connectivity index (χ2v) is 9.16. The van der Waals surface area contributed by atoms with Gasteiger partial charge in [0.2, 0.25) is 5.78 Å². The topological polar surface area (TPSA) is 59.4 Å². The van der Waals surface area contributed by atoms with Crippen LogP contribution in [0.25, 0.3) is 5.69 Å². The van der Waals surface area contributed by atoms with Crippen LogP contribution in [0.5, 0.6) is 0 Å². The number of halogens is 4. The Hall–Kier alpha value is -3.81. The summed E-state index contributed by atoms with van der Waals surface area (Å²) in [6.07, 6.45) is 1.65. The summed E-state index contributed by atoms with van der Waals surface area (Å²) in [7, 11) is 0. The number of rotatable bonds is 5. The van der Waals surface area contributed by atoms with E-state index in [2.05, 4.69) is 0 Å². The molecule has 36 heavy (non-hydrogen) atoms. The second kappa shape index (κ2) is 9.00. The van der Waals surface area contributed by atoms with E-state index < -0.39 is 34.8 Å². The first-order chi connectivity index (χ1) is 17.2. The maximum atomic E-state index is 14.4. The molecule has 0 atom stereocenters. The highest BCUT2D eigenvalue weighted by Crippen LogP contribution is 2.31. The molecule has 0 saturated heterocycles. The summed E-state index contributed by atoms with van der Waals surface area (Å²) in [5.41, 5.74) is 1.25. The summed E-state index contributed by atoms with van der Waals surface area (Å²) in [4.78, 5) is 40.4. The van der Waals surface area contributed by atoms with E-state index in [-0.39, 0.29) is 33.9 Å². The summed E-state index contributed by atoms with van der Waals surface area (Å²) in [6, 6.07) is 13.8. The first-order valence-corrected chi connectivity index (χ1v) is 11.5. The minimum atomic E-state index is -1.00. The Morgan fingerprint density at radius 2 is 1.50 bits per heavy atom. The number of hydrogen-bond acceptors (Lipinski definition) is 3. The molecule has 0 saturated carbocycles. The highest BCUT2D eigenvalue weighted by Gasteiger charge is 2.36. The van der Waals surface area contributed by atoms with Gasteiger partial charge >= 0.3 is 0 Å². The molecule has 3 aromatic carbocycles. The van der Waals surface area contributed by atoms with Gasteiger partial charge in [-0.25, -0.2) is 8.78 Å². The number of nitrogens with zero attached hydrogens (tertiary/aromatic N) is 2. The van der Waals surface area contributed by atoms with E-state index in [1.54, 1.807) is 29.8 Å². The predicted molar refractivity (Wildman–Crippen MR) is 131 cm³/mol. The van der Waals surface area contributed by atoms with Crippen LogP contribution in [0.3, 0.4) is 0 Å². The normalized spacial score (nSPS) is 12.9. The maximum Gasteiger partial charge on any atom is 0.261 e. The second-order valence-electron chi connectivity index (χ2n) is 8.29. The predicted octanol–water partition coefficient (Wildman–Crippen LogP) is 6.40. The minimum Gasteiger partial charge on any atom is -0.318 e. The molecule has 2 amide bonds. The zero-order chi connectivity index (χ0) is 25.7. The molecule has 0 aliphatic carbocycles. The minimum absolute atomic E-state index is 0.0440. The Morgan fingerprint density at radius 1 is 0.861 bits per heavy atom. The number of aryl methyl sites for hydroxylation is 1. The molecule has 4 aromatic rings. The fourth-order valence-corrected chi connectivity index (χ4v) is 4.64. The van der Waals surface area contributed by atoms with Crippen molar-refractivity contribution >= 4 is 40.8 Å². The Morgan fingerprint density at radius 3 is 2.22 bits per heavy atom. The van der Waals surface area contributed by atoms with Gasteiger partial charge in [-0.15, -0.1) is 0 Å². The molecule has 1 aliphatic rings. The molecule has 5 nitrogen and oxygen atoms in total. The largest absolute Gasteiger partial charge is 0.318 e. The van der Waals surface area contributed by atoms with E-state index in [1.807, 2.05) is 0 Å². The fraction of sp³-hybridized carbons (Fsp3) is 0.0741. The fourth-order valence-electron chi connectivity index (χ4n) is 4.29. The van der Waals surface area contributed by atoms with Crippen molar-refractivity contribution in [2.24, 2.45) is 0 Å². The molecule has 0 N–H and O–H groups in total. The van der Waals surface area contributed by atoms with Crippen molar-refractivity contribution in [2.45, 2.75) is 13.5 Å². The number of amides is 2. The van der Waals surface area contributed by atoms with Crippen LogP contribution in [0.1, 0.15) is 47.9 Å². The lowest BCUT2D eigenvalue weighted by molar-refractivity contribution is 0.0639. The Bertz CT molecular complexity index is 1580. The van der Waals surface area contributed by atoms with E-state index in [9.17, 15) is 23.2 Å². The summed E-state index contributed by atoms with van der Waals surface area (Å²) < 4.78 is 30.5. The number of imide groups is 1. The van der Waals surface area contributed by atoms with Crippen LogP contribution < -0.4 is 0 Å². The smallest absolute Gasteiger partial charge is 0.261 e. The van der Waals surface area contributed by atoms with Crippen molar-refractivity contribution in [1.29, 1.82) is 0 Å². The third kappa shape index (κ3) is 3.90. The molecule has 5 rings (SSSR count). The number of carbonyl (C=O) groups excluding carboxylic acids is 3. The van der Waals surface area contributed by atoms with Gasteiger partial charge in [-0.3, -0.25) is 19.3 Å². The summed E-state index contributed by atoms with van der Waals surface area (Å²) in [6.45, 7) is 1.68. The molecule has 0 fully saturated rings. The van der Waals surface area contributed by atoms with Crippen LogP contribution in [-0.2, 0) is 6.54 Å². The van der Waals surface area contributed by atoms with Gasteiger partial charge in [0.25, 0.3) is 11.8 Å². The quantitative estimate of drug-likeness (QED) is 0.224. The molecular weight excluding hydrogens is 509 g/mol. The van der Waals surface area contributed by atoms with Crippen LogP contribution >= 0.6 is 23.2 Å². The van der Waals surface area contributed by atoms with Crippen molar-refractivity contribution in [3.05, 3.63) is 122 Å². The lowest BCUT2D eigenvalue weighted by Gasteiger charge is -2.19. The van der Waals surface area contributed by atoms with E-state index >= 15 is 0 Å². The molecule has 1 aromatic heterocycles. The van der Waals surface area contributed by atoms with E-state index in [1.165, 1.54) is 36.4 Å². The third-order valence-electron chi connectivity index (χ3n) is 6.11. The van der Waals surface area contributed by atoms with Crippen LogP contribution in [0.4, 0.5) is 8.78 Å². The van der Waals surface area contributed by atoms with Crippen LogP contribution in [-0.4, -0.2) is 27.1 Å². The average molecular weight is 525 g/mol. The molecular formula is C27H16Cl2F2N2O3. The van der Waals surface area contributed by atoms with Gasteiger partial charge in [-0.2, -0.15) is 0 Å². The van der Waals surface area contributed by atoms with E-state index in [0.717, 1.165) is 22.6 Å². The molecule has 0 unspecified atom stereocenters. The van der Waals surface area contributed by atoms with Gasteiger partial charge in [0, 0.05) is 27.5 Å². The molecule has 2 heterocycles. The van der Waals surface area contributed by atoms with E-state index in [0.29, 0.717) is 10.7 Å². The lowest BCUT2D eigenvalue weighted by atomic mass is 10.00. The number of benzene rings is 3. The molecule has 180 valence electrons. The summed E-state index contributed by atoms with van der Waals surface area (Å²) >= 11 is 12.2. The Balaban J connectivity index is 1.59. The maximum absolute atomic E-state index is 14.4. The summed E-state index contributed by atoms with van der Waals surface area (Å²) in [5, 5.41) is 0.530. The molecule has 9 heteroatoms. The number of carbonyl (C=O) groups is 3. The van der Waals surface area contributed by atoms with Crippen LogP contribution in [0.15, 0.2) is 66.9 Å². The van der Waals surface area contributed by atoms with Crippen molar-refractivity contribution in [1.82, 2.24) is 9.47 Å². The number of ketones is 1. The average Bonchev–Trinajstić information content (AvgIpc) is 3.31. The zero-order valence-corrected chi connectivity index (χ0v) is 20.2. The molecule has 1 aliphatic heterocycles. The summed E-state index contributed by atoms with van der Waals surface area (Å²) in [5.74, 6) is -3.86. The number of fused-ring (bicyclic) bond motifs is 1. The third-order valence-corrected chi connectivity index (χ3v) is 6.58. The first-order valence-electron chi connectivity index (χ1n) is 10.8. The van der Waals surface area contributed by atoms with Crippen molar-refractivity contribution in [2.75, 3.05) is 0 Å². The van der Waals surface area contributed by atoms with Gasteiger partial charge in [0.05, 0.1) is 28.9 Å². The molecule has 0 radical (unpaired) electrons. The van der Waals surface area contributed by atoms with Gasteiger partial charge < -0.3 is 4.57 Å². The zero-order valence-electron chi connectivity index (χ0n) is 18.7. The highest BCUT2D eigenvalue weighted by molar-refractivity contribution is 6.32.